The van der Waals surface area contributed by atoms with Crippen molar-refractivity contribution in [1.82, 2.24) is 0 Å². The van der Waals surface area contributed by atoms with E-state index in [2.05, 4.69) is 29.4 Å². The number of aliphatic imine (C=N–C) groups is 1. The zero-order chi connectivity index (χ0) is 14.7. The predicted molar refractivity (Wildman–Crippen MR) is 85.1 cm³/mol. The number of benzene rings is 1. The average molecular weight is 268 g/mol. The van der Waals surface area contributed by atoms with E-state index in [0.717, 1.165) is 23.4 Å². The van der Waals surface area contributed by atoms with E-state index in [1.54, 1.807) is 0 Å². The lowest BCUT2D eigenvalue weighted by Crippen LogP contribution is -2.05. The Kier molecular flexibility index (Phi) is 4.18. The second kappa shape index (κ2) is 5.87. The Hall–Kier alpha value is -2.16. The van der Waals surface area contributed by atoms with Gasteiger partial charge in [0.2, 0.25) is 5.91 Å². The number of anilines is 1. The van der Waals surface area contributed by atoms with E-state index in [1.165, 1.54) is 23.6 Å². The Morgan fingerprint density at radius 3 is 2.70 bits per heavy atom. The molecule has 1 aromatic carbocycles. The standard InChI is InChI=1S/C17H20N2O/c1-11-8-15(10-17(11)12(2)18-4)14-6-5-7-16(9-14)19-13(3)20/h5-7,9-10H,8H2,1-4H3,(H,19,20). The van der Waals surface area contributed by atoms with Crippen LogP contribution in [-0.4, -0.2) is 18.7 Å². The largest absolute Gasteiger partial charge is 0.326 e. The van der Waals surface area contributed by atoms with Crippen LogP contribution in [0.1, 0.15) is 32.8 Å². The fraction of sp³-hybridized carbons (Fsp3) is 0.294. The smallest absolute Gasteiger partial charge is 0.221 e. The van der Waals surface area contributed by atoms with E-state index in [-0.39, 0.29) is 5.91 Å². The number of hydrogen-bond acceptors (Lipinski definition) is 2. The van der Waals surface area contributed by atoms with Crippen molar-refractivity contribution in [3.05, 3.63) is 47.1 Å². The van der Waals surface area contributed by atoms with E-state index in [1.807, 2.05) is 32.2 Å². The number of rotatable bonds is 3. The lowest BCUT2D eigenvalue weighted by atomic mass is 10.0. The molecule has 0 atom stereocenters. The molecule has 0 fully saturated rings. The molecule has 1 aliphatic carbocycles. The first-order valence-corrected chi connectivity index (χ1v) is 6.73. The minimum Gasteiger partial charge on any atom is -0.326 e. The van der Waals surface area contributed by atoms with Crippen LogP contribution >= 0.6 is 0 Å². The molecule has 0 bridgehead atoms. The van der Waals surface area contributed by atoms with Crippen LogP contribution in [0.2, 0.25) is 0 Å². The number of hydrogen-bond donors (Lipinski definition) is 1. The van der Waals surface area contributed by atoms with Gasteiger partial charge in [0, 0.05) is 25.4 Å². The molecule has 1 aromatic rings. The Bertz CT molecular complexity index is 636. The molecule has 0 heterocycles. The highest BCUT2D eigenvalue weighted by atomic mass is 16.1. The zero-order valence-corrected chi connectivity index (χ0v) is 12.4. The first-order chi connectivity index (χ1) is 9.51. The first-order valence-electron chi connectivity index (χ1n) is 6.73. The van der Waals surface area contributed by atoms with Gasteiger partial charge in [-0.3, -0.25) is 9.79 Å². The molecule has 0 saturated carbocycles. The minimum absolute atomic E-state index is 0.0495. The molecule has 3 heteroatoms. The minimum atomic E-state index is -0.0495. The SMILES string of the molecule is CN=C(C)C1=C(C)CC(c2cccc(NC(C)=O)c2)=C1. The quantitative estimate of drug-likeness (QED) is 0.831. The Morgan fingerprint density at radius 2 is 2.05 bits per heavy atom. The van der Waals surface area contributed by atoms with E-state index in [0.29, 0.717) is 0 Å². The van der Waals surface area contributed by atoms with Crippen molar-refractivity contribution in [1.29, 1.82) is 0 Å². The molecule has 104 valence electrons. The summed E-state index contributed by atoms with van der Waals surface area (Å²) in [6.07, 6.45) is 3.14. The Morgan fingerprint density at radius 1 is 1.30 bits per heavy atom. The summed E-state index contributed by atoms with van der Waals surface area (Å²) in [5, 5.41) is 2.82. The summed E-state index contributed by atoms with van der Waals surface area (Å²) in [4.78, 5) is 15.4. The van der Waals surface area contributed by atoms with Crippen LogP contribution in [0, 0.1) is 0 Å². The first kappa shape index (κ1) is 14.3. The maximum atomic E-state index is 11.1. The molecular formula is C17H20N2O. The number of allylic oxidation sites excluding steroid dienone is 4. The Balaban J connectivity index is 2.29. The molecule has 0 unspecified atom stereocenters. The molecule has 2 rings (SSSR count). The van der Waals surface area contributed by atoms with E-state index >= 15 is 0 Å². The molecule has 3 nitrogen and oxygen atoms in total. The topological polar surface area (TPSA) is 41.5 Å². The van der Waals surface area contributed by atoms with Gasteiger partial charge in [0.1, 0.15) is 0 Å². The van der Waals surface area contributed by atoms with Crippen molar-refractivity contribution in [3.63, 3.8) is 0 Å². The summed E-state index contributed by atoms with van der Waals surface area (Å²) in [5.41, 5.74) is 6.89. The summed E-state index contributed by atoms with van der Waals surface area (Å²) in [7, 11) is 1.82. The van der Waals surface area contributed by atoms with Crippen LogP contribution < -0.4 is 5.32 Å². The van der Waals surface area contributed by atoms with Gasteiger partial charge in [0.15, 0.2) is 0 Å². The van der Waals surface area contributed by atoms with Gasteiger partial charge >= 0.3 is 0 Å². The van der Waals surface area contributed by atoms with E-state index in [4.69, 9.17) is 0 Å². The van der Waals surface area contributed by atoms with Gasteiger partial charge < -0.3 is 5.32 Å². The molecule has 1 N–H and O–H groups in total. The van der Waals surface area contributed by atoms with Crippen molar-refractivity contribution >= 4 is 22.9 Å². The highest BCUT2D eigenvalue weighted by molar-refractivity contribution is 6.05. The second-order valence-corrected chi connectivity index (χ2v) is 5.11. The van der Waals surface area contributed by atoms with Gasteiger partial charge in [-0.15, -0.1) is 0 Å². The molecular weight excluding hydrogens is 248 g/mol. The van der Waals surface area contributed by atoms with E-state index < -0.39 is 0 Å². The van der Waals surface area contributed by atoms with Gasteiger partial charge in [-0.2, -0.15) is 0 Å². The van der Waals surface area contributed by atoms with Gasteiger partial charge in [-0.25, -0.2) is 0 Å². The van der Waals surface area contributed by atoms with Gasteiger partial charge in [0.05, 0.1) is 0 Å². The summed E-state index contributed by atoms with van der Waals surface area (Å²) in [6, 6.07) is 7.96. The third kappa shape index (κ3) is 3.05. The molecule has 0 spiro atoms. The van der Waals surface area contributed by atoms with Crippen LogP contribution in [0.4, 0.5) is 5.69 Å². The number of nitrogens with one attached hydrogen (secondary N) is 1. The summed E-state index contributed by atoms with van der Waals surface area (Å²) < 4.78 is 0. The highest BCUT2D eigenvalue weighted by Crippen LogP contribution is 2.33. The number of nitrogens with zero attached hydrogens (tertiary/aromatic N) is 1. The summed E-state index contributed by atoms with van der Waals surface area (Å²) in [5.74, 6) is -0.0495. The predicted octanol–water partition coefficient (Wildman–Crippen LogP) is 3.84. The zero-order valence-electron chi connectivity index (χ0n) is 12.4. The van der Waals surface area contributed by atoms with Crippen molar-refractivity contribution in [2.45, 2.75) is 27.2 Å². The van der Waals surface area contributed by atoms with Crippen molar-refractivity contribution in [2.24, 2.45) is 4.99 Å². The van der Waals surface area contributed by atoms with Crippen LogP contribution in [0.5, 0.6) is 0 Å². The molecule has 0 saturated heterocycles. The molecule has 0 aromatic heterocycles. The number of carbonyl (C=O) groups is 1. The maximum absolute atomic E-state index is 11.1. The molecule has 1 amide bonds. The third-order valence-electron chi connectivity index (χ3n) is 3.51. The molecule has 20 heavy (non-hydrogen) atoms. The lowest BCUT2D eigenvalue weighted by molar-refractivity contribution is -0.114. The van der Waals surface area contributed by atoms with Crippen molar-refractivity contribution in [2.75, 3.05) is 12.4 Å². The van der Waals surface area contributed by atoms with Crippen LogP contribution in [-0.2, 0) is 4.79 Å². The summed E-state index contributed by atoms with van der Waals surface area (Å²) >= 11 is 0. The van der Waals surface area contributed by atoms with Crippen LogP contribution in [0.25, 0.3) is 5.57 Å². The molecule has 1 aliphatic rings. The third-order valence-corrected chi connectivity index (χ3v) is 3.51. The normalized spacial score (nSPS) is 15.4. The fourth-order valence-electron chi connectivity index (χ4n) is 2.45. The maximum Gasteiger partial charge on any atom is 0.221 e. The second-order valence-electron chi connectivity index (χ2n) is 5.11. The van der Waals surface area contributed by atoms with Gasteiger partial charge in [-0.1, -0.05) is 17.7 Å². The van der Waals surface area contributed by atoms with E-state index in [9.17, 15) is 4.79 Å². The monoisotopic (exact) mass is 268 g/mol. The number of amides is 1. The van der Waals surface area contributed by atoms with Gasteiger partial charge in [-0.05, 0) is 55.2 Å². The Labute approximate surface area is 120 Å². The lowest BCUT2D eigenvalue weighted by Gasteiger charge is -2.07. The fourth-order valence-corrected chi connectivity index (χ4v) is 2.45. The van der Waals surface area contributed by atoms with Crippen LogP contribution in [0.15, 0.2) is 46.5 Å². The van der Waals surface area contributed by atoms with Crippen molar-refractivity contribution < 1.29 is 4.79 Å². The van der Waals surface area contributed by atoms with Crippen molar-refractivity contribution in [3.8, 4) is 0 Å². The average Bonchev–Trinajstić information content (AvgIpc) is 2.79. The molecule has 0 aliphatic heterocycles. The number of carbonyl (C=O) groups excluding carboxylic acids is 1. The van der Waals surface area contributed by atoms with Crippen LogP contribution in [0.3, 0.4) is 0 Å². The summed E-state index contributed by atoms with van der Waals surface area (Å²) in [6.45, 7) is 5.70. The highest BCUT2D eigenvalue weighted by Gasteiger charge is 2.16. The molecule has 0 radical (unpaired) electrons. The van der Waals surface area contributed by atoms with Gasteiger partial charge in [0.25, 0.3) is 0 Å².